The van der Waals surface area contributed by atoms with E-state index in [-0.39, 0.29) is 11.9 Å². The molecule has 1 amide bonds. The first-order valence-corrected chi connectivity index (χ1v) is 10.8. The van der Waals surface area contributed by atoms with E-state index < -0.39 is 18.6 Å². The predicted molar refractivity (Wildman–Crippen MR) is 107 cm³/mol. The highest BCUT2D eigenvalue weighted by molar-refractivity contribution is 5.87. The Hall–Kier alpha value is -1.14. The first kappa shape index (κ1) is 23.9. The molecule has 0 bridgehead atoms. The van der Waals surface area contributed by atoms with Gasteiger partial charge in [-0.25, -0.2) is 4.79 Å². The van der Waals surface area contributed by atoms with Crippen LogP contribution in [0.5, 0.6) is 0 Å². The lowest BCUT2D eigenvalue weighted by atomic mass is 9.87. The number of aliphatic hydroxyl groups is 1. The fourth-order valence-corrected chi connectivity index (χ4v) is 3.80. The molecule has 1 fully saturated rings. The maximum absolute atomic E-state index is 12.4. The highest BCUT2D eigenvalue weighted by Gasteiger charge is 2.29. The molecule has 1 saturated heterocycles. The van der Waals surface area contributed by atoms with E-state index in [0.717, 1.165) is 19.4 Å². The Morgan fingerprint density at radius 3 is 2.33 bits per heavy atom. The number of ether oxygens (including phenoxy) is 1. The van der Waals surface area contributed by atoms with Crippen LogP contribution in [0.3, 0.4) is 0 Å². The van der Waals surface area contributed by atoms with Gasteiger partial charge in [-0.15, -0.1) is 0 Å². The van der Waals surface area contributed by atoms with Crippen molar-refractivity contribution in [1.82, 2.24) is 10.6 Å². The summed E-state index contributed by atoms with van der Waals surface area (Å²) in [7, 11) is 1.25. The van der Waals surface area contributed by atoms with Gasteiger partial charge in [0.2, 0.25) is 5.91 Å². The molecular weight excluding hydrogens is 344 g/mol. The average Bonchev–Trinajstić information content (AvgIpc) is 2.70. The number of rotatable bonds is 14. The zero-order valence-electron chi connectivity index (χ0n) is 17.3. The van der Waals surface area contributed by atoms with E-state index in [1.165, 1.54) is 71.3 Å². The molecule has 1 aliphatic heterocycles. The van der Waals surface area contributed by atoms with Gasteiger partial charge in [-0.05, 0) is 25.3 Å². The van der Waals surface area contributed by atoms with Gasteiger partial charge in [0.1, 0.15) is 0 Å². The number of hydrogen-bond donors (Lipinski definition) is 3. The number of aliphatic hydroxyl groups excluding tert-OH is 1. The van der Waals surface area contributed by atoms with E-state index >= 15 is 0 Å². The van der Waals surface area contributed by atoms with Gasteiger partial charge in [0.05, 0.1) is 19.8 Å². The number of amides is 1. The minimum absolute atomic E-state index is 0.226. The third-order valence-corrected chi connectivity index (χ3v) is 5.53. The number of esters is 1. The predicted octanol–water partition coefficient (Wildman–Crippen LogP) is 2.93. The molecule has 1 heterocycles. The smallest absolute Gasteiger partial charge is 0.330 e. The standard InChI is InChI=1S/C21H40N2O4/c1-3-4-5-6-7-8-9-10-11-12-17-13-14-22-18(15-17)20(25)23-19(16-24)21(26)27-2/h17-19,22,24H,3-16H2,1-2H3,(H,23,25)/t17-,18+,19+/m1/s1. The summed E-state index contributed by atoms with van der Waals surface area (Å²) in [6.45, 7) is 2.62. The second-order valence-corrected chi connectivity index (χ2v) is 7.78. The SMILES string of the molecule is CCCCCCCCCCC[C@@H]1CCN[C@H](C(=O)N[C@@H](CO)C(=O)OC)C1. The zero-order valence-corrected chi connectivity index (χ0v) is 17.3. The van der Waals surface area contributed by atoms with Crippen molar-refractivity contribution in [2.24, 2.45) is 5.92 Å². The molecule has 0 spiro atoms. The second-order valence-electron chi connectivity index (χ2n) is 7.78. The molecule has 1 rings (SSSR count). The van der Waals surface area contributed by atoms with Gasteiger partial charge in [-0.1, -0.05) is 71.1 Å². The first-order valence-electron chi connectivity index (χ1n) is 10.8. The van der Waals surface area contributed by atoms with Crippen LogP contribution in [0, 0.1) is 5.92 Å². The topological polar surface area (TPSA) is 87.7 Å². The lowest BCUT2D eigenvalue weighted by molar-refractivity contribution is -0.146. The van der Waals surface area contributed by atoms with Crippen LogP contribution in [-0.4, -0.2) is 49.3 Å². The van der Waals surface area contributed by atoms with E-state index in [2.05, 4.69) is 22.3 Å². The maximum Gasteiger partial charge on any atom is 0.330 e. The van der Waals surface area contributed by atoms with Gasteiger partial charge < -0.3 is 20.5 Å². The second kappa shape index (κ2) is 14.9. The zero-order chi connectivity index (χ0) is 19.9. The van der Waals surface area contributed by atoms with Gasteiger partial charge in [-0.3, -0.25) is 4.79 Å². The summed E-state index contributed by atoms with van der Waals surface area (Å²) < 4.78 is 4.59. The molecular formula is C21H40N2O4. The molecule has 0 unspecified atom stereocenters. The Morgan fingerprint density at radius 1 is 1.11 bits per heavy atom. The molecule has 3 atom stereocenters. The molecule has 0 radical (unpaired) electrons. The van der Waals surface area contributed by atoms with Crippen LogP contribution in [0.25, 0.3) is 0 Å². The number of nitrogens with one attached hydrogen (secondary N) is 2. The van der Waals surface area contributed by atoms with E-state index in [1.54, 1.807) is 0 Å². The van der Waals surface area contributed by atoms with Crippen molar-refractivity contribution in [1.29, 1.82) is 0 Å². The number of hydrogen-bond acceptors (Lipinski definition) is 5. The lowest BCUT2D eigenvalue weighted by Gasteiger charge is -2.30. The van der Waals surface area contributed by atoms with E-state index in [9.17, 15) is 14.7 Å². The summed E-state index contributed by atoms with van der Waals surface area (Å²) in [6, 6.07) is -1.27. The lowest BCUT2D eigenvalue weighted by Crippen LogP contribution is -2.54. The van der Waals surface area contributed by atoms with Crippen molar-refractivity contribution in [3.63, 3.8) is 0 Å². The highest BCUT2D eigenvalue weighted by Crippen LogP contribution is 2.23. The van der Waals surface area contributed by atoms with Crippen LogP contribution in [0.1, 0.15) is 84.0 Å². The van der Waals surface area contributed by atoms with Gasteiger partial charge in [0, 0.05) is 0 Å². The molecule has 0 aromatic heterocycles. The molecule has 6 heteroatoms. The first-order chi connectivity index (χ1) is 13.1. The Bertz CT molecular complexity index is 417. The minimum Gasteiger partial charge on any atom is -0.467 e. The van der Waals surface area contributed by atoms with Crippen molar-refractivity contribution < 1.29 is 19.4 Å². The molecule has 1 aliphatic rings. The molecule has 158 valence electrons. The fraction of sp³-hybridized carbons (Fsp3) is 0.905. The van der Waals surface area contributed by atoms with Gasteiger partial charge >= 0.3 is 5.97 Å². The number of unbranched alkanes of at least 4 members (excludes halogenated alkanes) is 8. The normalized spacial score (nSPS) is 20.9. The molecule has 6 nitrogen and oxygen atoms in total. The Kier molecular flexibility index (Phi) is 13.2. The fourth-order valence-electron chi connectivity index (χ4n) is 3.80. The minimum atomic E-state index is -0.984. The van der Waals surface area contributed by atoms with E-state index in [1.807, 2.05) is 0 Å². The van der Waals surface area contributed by atoms with Crippen LogP contribution < -0.4 is 10.6 Å². The van der Waals surface area contributed by atoms with Crippen LogP contribution in [0.4, 0.5) is 0 Å². The molecule has 0 aliphatic carbocycles. The van der Waals surface area contributed by atoms with Crippen molar-refractivity contribution in [2.75, 3.05) is 20.3 Å². The van der Waals surface area contributed by atoms with E-state index in [0.29, 0.717) is 5.92 Å². The third kappa shape index (κ3) is 10.1. The highest BCUT2D eigenvalue weighted by atomic mass is 16.5. The van der Waals surface area contributed by atoms with E-state index in [4.69, 9.17) is 0 Å². The Balaban J connectivity index is 2.18. The van der Waals surface area contributed by atoms with Crippen LogP contribution in [0.2, 0.25) is 0 Å². The van der Waals surface area contributed by atoms with Crippen molar-refractivity contribution in [3.05, 3.63) is 0 Å². The summed E-state index contributed by atoms with van der Waals surface area (Å²) in [4.78, 5) is 23.9. The van der Waals surface area contributed by atoms with Crippen molar-refractivity contribution >= 4 is 11.9 Å². The summed E-state index contributed by atoms with van der Waals surface area (Å²) in [5.74, 6) is -0.290. The molecule has 0 aromatic rings. The number of carbonyl (C=O) groups is 2. The average molecular weight is 385 g/mol. The molecule has 0 aromatic carbocycles. The Labute approximate surface area is 164 Å². The molecule has 3 N–H and O–H groups in total. The summed E-state index contributed by atoms with van der Waals surface area (Å²) in [5, 5.41) is 15.0. The number of piperidine rings is 1. The summed E-state index contributed by atoms with van der Waals surface area (Å²) >= 11 is 0. The number of carbonyl (C=O) groups excluding carboxylic acids is 2. The largest absolute Gasteiger partial charge is 0.467 e. The quantitative estimate of drug-likeness (QED) is 0.317. The van der Waals surface area contributed by atoms with Gasteiger partial charge in [0.25, 0.3) is 0 Å². The van der Waals surface area contributed by atoms with Crippen LogP contribution >= 0.6 is 0 Å². The van der Waals surface area contributed by atoms with Crippen LogP contribution in [0.15, 0.2) is 0 Å². The Morgan fingerprint density at radius 2 is 1.74 bits per heavy atom. The summed E-state index contributed by atoms with van der Waals surface area (Å²) in [5.41, 5.74) is 0. The monoisotopic (exact) mass is 384 g/mol. The van der Waals surface area contributed by atoms with Gasteiger partial charge in [0.15, 0.2) is 6.04 Å². The van der Waals surface area contributed by atoms with Gasteiger partial charge in [-0.2, -0.15) is 0 Å². The van der Waals surface area contributed by atoms with Crippen molar-refractivity contribution in [3.8, 4) is 0 Å². The third-order valence-electron chi connectivity index (χ3n) is 5.53. The summed E-state index contributed by atoms with van der Waals surface area (Å²) in [6.07, 6.45) is 15.0. The van der Waals surface area contributed by atoms with Crippen LogP contribution in [-0.2, 0) is 14.3 Å². The number of methoxy groups -OCH3 is 1. The molecule has 0 saturated carbocycles. The van der Waals surface area contributed by atoms with Crippen molar-refractivity contribution in [2.45, 2.75) is 96.1 Å². The molecule has 27 heavy (non-hydrogen) atoms. The maximum atomic E-state index is 12.4.